The Bertz CT molecular complexity index is 4840. The van der Waals surface area contributed by atoms with E-state index in [4.69, 9.17) is 28.8 Å². The molecule has 20 heteroatoms. The third-order valence-corrected chi connectivity index (χ3v) is 16.1. The number of rotatable bonds is 23. The fourth-order valence-corrected chi connectivity index (χ4v) is 11.6. The summed E-state index contributed by atoms with van der Waals surface area (Å²) in [4.78, 5) is 81.7. The fraction of sp³-hybridized carbons (Fsp3) is 0.192. The van der Waals surface area contributed by atoms with Gasteiger partial charge in [0, 0.05) is 59.7 Å². The van der Waals surface area contributed by atoms with Gasteiger partial charge in [0.05, 0.1) is 57.2 Å². The van der Waals surface area contributed by atoms with E-state index in [1.165, 1.54) is 17.2 Å². The van der Waals surface area contributed by atoms with E-state index in [1.807, 2.05) is 137 Å². The molecule has 0 fully saturated rings. The van der Waals surface area contributed by atoms with Crippen LogP contribution in [0.15, 0.2) is 206 Å². The minimum Gasteiger partial charge on any atom is -0.507 e. The van der Waals surface area contributed by atoms with Gasteiger partial charge in [-0.05, 0) is 124 Å². The van der Waals surface area contributed by atoms with Crippen LogP contribution in [0.5, 0.6) is 23.0 Å². The Morgan fingerprint density at radius 1 is 0.367 bits per heavy atom. The molecule has 8 aromatic carbocycles. The molecule has 0 saturated heterocycles. The first-order chi connectivity index (χ1) is 47.3. The molecule has 0 bridgehead atoms. The molecule has 0 saturated carbocycles. The number of aromatic nitrogens is 4. The van der Waals surface area contributed by atoms with E-state index in [2.05, 4.69) is 59.4 Å². The molecule has 4 aromatic heterocycles. The summed E-state index contributed by atoms with van der Waals surface area (Å²) >= 11 is 0. The van der Waals surface area contributed by atoms with E-state index in [0.717, 1.165) is 57.4 Å². The van der Waals surface area contributed by atoms with Gasteiger partial charge in [0.2, 0.25) is 0 Å². The number of carbonyl (C=O) groups excluding carboxylic acids is 4. The fourth-order valence-electron chi connectivity index (χ4n) is 11.6. The van der Waals surface area contributed by atoms with Crippen LogP contribution in [0.2, 0.25) is 0 Å². The Hall–Kier alpha value is -12.2. The second kappa shape index (κ2) is 32.8. The average molecular weight is 1320 g/mol. The molecule has 0 aliphatic carbocycles. The molecule has 0 aliphatic rings. The molecular weight excluding hydrogens is 1250 g/mol. The molecule has 20 nitrogen and oxygen atoms in total. The summed E-state index contributed by atoms with van der Waals surface area (Å²) < 4.78 is 34.5. The number of phenolic OH excluding ortho intramolecular Hbond substituents is 1. The van der Waals surface area contributed by atoms with Gasteiger partial charge in [-0.2, -0.15) is 0 Å². The van der Waals surface area contributed by atoms with Gasteiger partial charge in [0.15, 0.2) is 19.8 Å². The van der Waals surface area contributed by atoms with Gasteiger partial charge in [0.25, 0.3) is 11.6 Å². The maximum atomic E-state index is 12.5. The molecule has 0 unspecified atom stereocenters. The normalized spacial score (nSPS) is 10.8. The van der Waals surface area contributed by atoms with Crippen LogP contribution in [-0.2, 0) is 59.6 Å². The van der Waals surface area contributed by atoms with Gasteiger partial charge in [-0.3, -0.25) is 9.59 Å². The predicted octanol–water partition coefficient (Wildman–Crippen LogP) is 13.6. The molecule has 502 valence electrons. The number of esters is 2. The highest BCUT2D eigenvalue weighted by molar-refractivity contribution is 6.43. The topological polar surface area (TPSA) is 266 Å². The largest absolute Gasteiger partial charge is 0.507 e. The summed E-state index contributed by atoms with van der Waals surface area (Å²) in [5.41, 5.74) is 11.3. The number of ether oxygens (including phenoxy) is 5. The molecule has 0 spiro atoms. The van der Waals surface area contributed by atoms with E-state index >= 15 is 0 Å². The Morgan fingerprint density at radius 3 is 1.07 bits per heavy atom. The Morgan fingerprint density at radius 2 is 0.694 bits per heavy atom. The molecule has 12 rings (SSSR count). The van der Waals surface area contributed by atoms with Crippen LogP contribution in [0, 0.1) is 27.7 Å². The van der Waals surface area contributed by atoms with E-state index in [0.29, 0.717) is 64.4 Å². The number of aliphatic carboxylic acids is 3. The van der Waals surface area contributed by atoms with Crippen LogP contribution in [0.3, 0.4) is 0 Å². The molecule has 0 radical (unpaired) electrons. The first-order valence-corrected chi connectivity index (χ1v) is 31.5. The van der Waals surface area contributed by atoms with Crippen molar-refractivity contribution in [3.05, 3.63) is 262 Å². The zero-order valence-corrected chi connectivity index (χ0v) is 55.0. The highest BCUT2D eigenvalue weighted by Crippen LogP contribution is 2.37. The minimum absolute atomic E-state index is 0.00872. The molecule has 12 aromatic rings. The lowest BCUT2D eigenvalue weighted by Crippen LogP contribution is -2.16. The molecule has 0 amide bonds. The lowest BCUT2D eigenvalue weighted by atomic mass is 10.1. The van der Waals surface area contributed by atoms with Crippen LogP contribution >= 0.6 is 0 Å². The highest BCUT2D eigenvalue weighted by Gasteiger charge is 2.29. The second-order valence-corrected chi connectivity index (χ2v) is 22.6. The number of aryl methyl sites for hydroxylation is 2. The predicted molar refractivity (Wildman–Crippen MR) is 372 cm³/mol. The van der Waals surface area contributed by atoms with Gasteiger partial charge in [-0.25, -0.2) is 24.0 Å². The van der Waals surface area contributed by atoms with Crippen molar-refractivity contribution in [2.75, 3.05) is 33.0 Å². The third kappa shape index (κ3) is 16.8. The minimum atomic E-state index is -1.58. The number of Topliss-reactive ketones (excluding diaryl/α,β-unsaturated/α-hetero) is 2. The Labute approximate surface area is 564 Å². The number of ketones is 2. The number of carboxylic acids is 3. The number of aromatic hydroxyl groups is 1. The highest BCUT2D eigenvalue weighted by atomic mass is 16.6. The van der Waals surface area contributed by atoms with Crippen LogP contribution < -0.4 is 14.2 Å². The first kappa shape index (κ1) is 70.1. The van der Waals surface area contributed by atoms with E-state index in [1.54, 1.807) is 64.1 Å². The molecular formula is C78H74N4O16. The van der Waals surface area contributed by atoms with Gasteiger partial charge in [-0.15, -0.1) is 0 Å². The summed E-state index contributed by atoms with van der Waals surface area (Å²) in [7, 11) is 0. The smallest absolute Gasteiger partial charge is 0.377 e. The second-order valence-electron chi connectivity index (χ2n) is 22.6. The van der Waals surface area contributed by atoms with Crippen molar-refractivity contribution in [2.24, 2.45) is 0 Å². The van der Waals surface area contributed by atoms with Crippen LogP contribution in [-0.4, -0.2) is 113 Å². The number of carbonyl (C=O) groups is 7. The first-order valence-electron chi connectivity index (χ1n) is 31.5. The number of carboxylic acid groups (broad SMARTS) is 3. The quantitative estimate of drug-likeness (QED) is 0.0263. The Kier molecular flexibility index (Phi) is 23.5. The summed E-state index contributed by atoms with van der Waals surface area (Å²) in [6, 6.07) is 65.6. The van der Waals surface area contributed by atoms with Gasteiger partial charge in [0.1, 0.15) is 23.0 Å². The molecule has 0 aliphatic heterocycles. The summed E-state index contributed by atoms with van der Waals surface area (Å²) in [5.74, 6) is -5.80. The molecule has 4 N–H and O–H groups in total. The van der Waals surface area contributed by atoms with Crippen molar-refractivity contribution in [3.8, 4) is 23.0 Å². The zero-order valence-electron chi connectivity index (χ0n) is 55.0. The molecule has 98 heavy (non-hydrogen) atoms. The van der Waals surface area contributed by atoms with Gasteiger partial charge < -0.3 is 62.4 Å². The third-order valence-electron chi connectivity index (χ3n) is 16.1. The number of hydrogen-bond donors (Lipinski definition) is 4. The lowest BCUT2D eigenvalue weighted by molar-refractivity contribution is -0.146. The van der Waals surface area contributed by atoms with Crippen molar-refractivity contribution < 1.29 is 77.7 Å². The van der Waals surface area contributed by atoms with Gasteiger partial charge in [-0.1, -0.05) is 146 Å². The van der Waals surface area contributed by atoms with Crippen molar-refractivity contribution in [1.29, 1.82) is 0 Å². The van der Waals surface area contributed by atoms with Crippen molar-refractivity contribution in [1.82, 2.24) is 18.3 Å². The van der Waals surface area contributed by atoms with E-state index in [-0.39, 0.29) is 48.4 Å². The summed E-state index contributed by atoms with van der Waals surface area (Å²) in [6.07, 6.45) is 0. The molecule has 0 atom stereocenters. The van der Waals surface area contributed by atoms with Crippen LogP contribution in [0.1, 0.15) is 79.6 Å². The SMILES string of the molecule is CCOC(=O)COc1cccc2c1c(C(=O)C(=O)O)c(C)n2Cc1ccccc1.CCOC(=O)COc1cccc2c1cc(C)n2Cc1ccccc1.Cc1c(C(=O)C(=O)O)c2c(OCC(=O)O)cccc2n1Cc1ccccc1.Cc1cc2c(O)cccc2n1Cc1ccccc1. The van der Waals surface area contributed by atoms with Crippen LogP contribution in [0.25, 0.3) is 43.6 Å². The maximum Gasteiger partial charge on any atom is 0.377 e. The number of phenols is 1. The monoisotopic (exact) mass is 1320 g/mol. The number of fused-ring (bicyclic) bond motifs is 4. The van der Waals surface area contributed by atoms with Gasteiger partial charge >= 0.3 is 29.8 Å². The number of nitrogens with zero attached hydrogens (tertiary/aromatic N) is 4. The van der Waals surface area contributed by atoms with Crippen molar-refractivity contribution in [3.63, 3.8) is 0 Å². The number of hydrogen-bond acceptors (Lipinski definition) is 13. The lowest BCUT2D eigenvalue weighted by Gasteiger charge is -2.10. The summed E-state index contributed by atoms with van der Waals surface area (Å²) in [5, 5.41) is 39.9. The number of benzene rings is 8. The zero-order chi connectivity index (χ0) is 70.0. The molecule has 4 heterocycles. The summed E-state index contributed by atoms with van der Waals surface area (Å²) in [6.45, 7) is 13.1. The van der Waals surface area contributed by atoms with Crippen molar-refractivity contribution in [2.45, 2.75) is 67.7 Å². The standard InChI is InChI=1S/C22H21NO6.C20H17NO6.C20H21NO3.C16H15NO/c1-3-28-18(24)13-29-17-11-7-10-16-20(17)19(21(25)22(26)27)14(2)23(16)12-15-8-5-4-6-9-15;1-12-17(19(24)20(25)26)18-14(8-5-9-15(18)27-11-16(22)23)21(12)10-13-6-3-2-4-7-13;1-3-23-20(22)14-24-19-11-7-10-18-17(19)12-15(2)21(18)13-16-8-5-4-6-9-16;1-12-10-14-15(8-5-9-16(14)18)17(12)11-13-6-3-2-4-7-13/h4-11H,3,12-13H2,1-2H3,(H,26,27);2-9H,10-11H2,1H3,(H,22,23)(H,25,26);4-12H,3,13-14H2,1-2H3;2-10,18H,11H2,1H3. The van der Waals surface area contributed by atoms with Crippen LogP contribution in [0.4, 0.5) is 0 Å². The maximum absolute atomic E-state index is 12.5. The Balaban J connectivity index is 0.000000155. The van der Waals surface area contributed by atoms with E-state index in [9.17, 15) is 48.9 Å². The van der Waals surface area contributed by atoms with E-state index < -0.39 is 42.1 Å². The average Bonchev–Trinajstić information content (AvgIpc) is 1.65. The van der Waals surface area contributed by atoms with Crippen molar-refractivity contribution >= 4 is 85.0 Å².